The number of hydrogen-bond donors (Lipinski definition) is 0. The number of nitrogens with zero attached hydrogens (tertiary/aromatic N) is 2. The summed E-state index contributed by atoms with van der Waals surface area (Å²) in [6.45, 7) is 3.80. The van der Waals surface area contributed by atoms with Crippen LogP contribution in [0.3, 0.4) is 0 Å². The quantitative estimate of drug-likeness (QED) is 0.582. The topological polar surface area (TPSA) is 59.5 Å². The second-order valence-electron chi connectivity index (χ2n) is 8.30. The second-order valence-corrected chi connectivity index (χ2v) is 9.13. The van der Waals surface area contributed by atoms with Gasteiger partial charge in [-0.2, -0.15) is 0 Å². The zero-order valence-electron chi connectivity index (χ0n) is 17.1. The highest BCUT2D eigenvalue weighted by Crippen LogP contribution is 2.49. The van der Waals surface area contributed by atoms with Crippen molar-refractivity contribution in [2.24, 2.45) is 17.8 Å². The highest BCUT2D eigenvalue weighted by Gasteiger charge is 2.40. The molecule has 2 saturated carbocycles. The minimum atomic E-state index is -0.129. The lowest BCUT2D eigenvalue weighted by atomic mass is 9.86. The molecule has 6 heteroatoms. The summed E-state index contributed by atoms with van der Waals surface area (Å²) in [6.07, 6.45) is 6.58. The molecular formula is C23H28N2O3S. The maximum atomic E-state index is 12.3. The Morgan fingerprint density at radius 3 is 2.62 bits per heavy atom. The summed E-state index contributed by atoms with van der Waals surface area (Å²) in [5, 5.41) is 2.46. The number of benzene rings is 1. The zero-order chi connectivity index (χ0) is 20.4. The van der Waals surface area contributed by atoms with Gasteiger partial charge in [0.2, 0.25) is 5.91 Å². The Hall–Kier alpha value is -2.21. The SMILES string of the molecule is CCc1ccc(N(C(C)=O)c2nc(COC(=O)CC3CC4CCC3C4)cs2)cc1. The highest BCUT2D eigenvalue weighted by molar-refractivity contribution is 7.14. The molecule has 2 fully saturated rings. The Balaban J connectivity index is 1.36. The van der Waals surface area contributed by atoms with Gasteiger partial charge in [-0.15, -0.1) is 11.3 Å². The molecule has 0 aliphatic heterocycles. The molecule has 0 N–H and O–H groups in total. The Labute approximate surface area is 176 Å². The predicted octanol–water partition coefficient (Wildman–Crippen LogP) is 5.26. The number of amides is 1. The first-order valence-electron chi connectivity index (χ1n) is 10.5. The van der Waals surface area contributed by atoms with E-state index in [0.717, 1.165) is 23.9 Å². The number of thiazole rings is 1. The third-order valence-electron chi connectivity index (χ3n) is 6.34. The summed E-state index contributed by atoms with van der Waals surface area (Å²) in [5.74, 6) is 1.84. The average Bonchev–Trinajstić information content (AvgIpc) is 3.44. The normalized spacial score (nSPS) is 22.6. The maximum absolute atomic E-state index is 12.3. The molecular weight excluding hydrogens is 384 g/mol. The van der Waals surface area contributed by atoms with Crippen molar-refractivity contribution in [2.75, 3.05) is 4.90 Å². The van der Waals surface area contributed by atoms with E-state index in [2.05, 4.69) is 11.9 Å². The number of fused-ring (bicyclic) bond motifs is 2. The van der Waals surface area contributed by atoms with Crippen molar-refractivity contribution < 1.29 is 14.3 Å². The molecule has 2 bridgehead atoms. The van der Waals surface area contributed by atoms with Crippen molar-refractivity contribution in [1.29, 1.82) is 0 Å². The lowest BCUT2D eigenvalue weighted by molar-refractivity contribution is -0.146. The molecule has 0 spiro atoms. The third-order valence-corrected chi connectivity index (χ3v) is 7.22. The van der Waals surface area contributed by atoms with Gasteiger partial charge in [0.25, 0.3) is 0 Å². The zero-order valence-corrected chi connectivity index (χ0v) is 17.9. The number of rotatable bonds is 7. The summed E-state index contributed by atoms with van der Waals surface area (Å²) in [5.41, 5.74) is 2.70. The van der Waals surface area contributed by atoms with Crippen LogP contribution in [0.4, 0.5) is 10.8 Å². The van der Waals surface area contributed by atoms with E-state index >= 15 is 0 Å². The van der Waals surface area contributed by atoms with Crippen LogP contribution in [-0.2, 0) is 27.4 Å². The smallest absolute Gasteiger partial charge is 0.306 e. The molecule has 0 radical (unpaired) electrons. The van der Waals surface area contributed by atoms with Gasteiger partial charge in [0.15, 0.2) is 5.13 Å². The van der Waals surface area contributed by atoms with E-state index in [0.29, 0.717) is 23.2 Å². The average molecular weight is 413 g/mol. The largest absolute Gasteiger partial charge is 0.459 e. The van der Waals surface area contributed by atoms with Crippen LogP contribution in [0.1, 0.15) is 57.2 Å². The highest BCUT2D eigenvalue weighted by atomic mass is 32.1. The van der Waals surface area contributed by atoms with Gasteiger partial charge < -0.3 is 4.74 Å². The van der Waals surface area contributed by atoms with Crippen LogP contribution in [0, 0.1) is 17.8 Å². The van der Waals surface area contributed by atoms with E-state index in [1.54, 1.807) is 4.90 Å². The van der Waals surface area contributed by atoms with E-state index in [-0.39, 0.29) is 18.5 Å². The summed E-state index contributed by atoms with van der Waals surface area (Å²) in [7, 11) is 0. The first-order valence-corrected chi connectivity index (χ1v) is 11.4. The minimum Gasteiger partial charge on any atom is -0.459 e. The van der Waals surface area contributed by atoms with Crippen molar-refractivity contribution in [2.45, 2.75) is 59.0 Å². The van der Waals surface area contributed by atoms with E-state index in [9.17, 15) is 9.59 Å². The van der Waals surface area contributed by atoms with E-state index in [4.69, 9.17) is 4.74 Å². The van der Waals surface area contributed by atoms with Crippen molar-refractivity contribution in [3.05, 3.63) is 40.9 Å². The number of hydrogen-bond acceptors (Lipinski definition) is 5. The molecule has 5 nitrogen and oxygen atoms in total. The fourth-order valence-electron chi connectivity index (χ4n) is 4.83. The van der Waals surface area contributed by atoms with Gasteiger partial charge in [0.05, 0.1) is 11.4 Å². The van der Waals surface area contributed by atoms with E-state index in [1.807, 2.05) is 29.6 Å². The van der Waals surface area contributed by atoms with Crippen LogP contribution in [0.25, 0.3) is 0 Å². The van der Waals surface area contributed by atoms with Gasteiger partial charge in [-0.25, -0.2) is 4.98 Å². The van der Waals surface area contributed by atoms with Crippen molar-refractivity contribution in [3.8, 4) is 0 Å². The molecule has 0 saturated heterocycles. The molecule has 1 aromatic heterocycles. The molecule has 1 heterocycles. The molecule has 3 atom stereocenters. The molecule has 2 aliphatic carbocycles. The molecule has 4 rings (SSSR count). The van der Waals surface area contributed by atoms with Gasteiger partial charge in [-0.1, -0.05) is 25.5 Å². The van der Waals surface area contributed by atoms with Crippen LogP contribution in [0.2, 0.25) is 0 Å². The van der Waals surface area contributed by atoms with Crippen LogP contribution >= 0.6 is 11.3 Å². The minimum absolute atomic E-state index is 0.0940. The van der Waals surface area contributed by atoms with Gasteiger partial charge in [-0.05, 0) is 61.1 Å². The first-order chi connectivity index (χ1) is 14.0. The van der Waals surface area contributed by atoms with Crippen molar-refractivity contribution >= 4 is 34.0 Å². The van der Waals surface area contributed by atoms with Crippen LogP contribution < -0.4 is 4.90 Å². The van der Waals surface area contributed by atoms with Gasteiger partial charge >= 0.3 is 5.97 Å². The van der Waals surface area contributed by atoms with Crippen LogP contribution in [-0.4, -0.2) is 16.9 Å². The number of carbonyl (C=O) groups is 2. The van der Waals surface area contributed by atoms with Crippen molar-refractivity contribution in [3.63, 3.8) is 0 Å². The maximum Gasteiger partial charge on any atom is 0.306 e. The number of ether oxygens (including phenoxy) is 1. The van der Waals surface area contributed by atoms with Gasteiger partial charge in [-0.3, -0.25) is 14.5 Å². The van der Waals surface area contributed by atoms with Crippen LogP contribution in [0.5, 0.6) is 0 Å². The Kier molecular flexibility index (Phi) is 5.99. The Bertz CT molecular complexity index is 877. The number of aryl methyl sites for hydroxylation is 1. The summed E-state index contributed by atoms with van der Waals surface area (Å²) >= 11 is 1.39. The molecule has 1 aromatic carbocycles. The Morgan fingerprint density at radius 2 is 2.00 bits per heavy atom. The molecule has 2 aromatic rings. The van der Waals surface area contributed by atoms with E-state index in [1.165, 1.54) is 49.5 Å². The number of esters is 1. The molecule has 29 heavy (non-hydrogen) atoms. The molecule has 3 unspecified atom stereocenters. The Morgan fingerprint density at radius 1 is 1.21 bits per heavy atom. The summed E-state index contributed by atoms with van der Waals surface area (Å²) < 4.78 is 5.49. The number of carbonyl (C=O) groups excluding carboxylic acids is 2. The summed E-state index contributed by atoms with van der Waals surface area (Å²) in [4.78, 5) is 30.6. The lowest BCUT2D eigenvalue weighted by Crippen LogP contribution is -2.22. The standard InChI is InChI=1S/C23H28N2O3S/c1-3-16-5-8-21(9-6-16)25(15(2)26)23-24-20(14-29-23)13-28-22(27)12-19-11-17-4-7-18(19)10-17/h5-6,8-9,14,17-19H,3-4,7,10-13H2,1-2H3. The molecule has 2 aliphatic rings. The number of aromatic nitrogens is 1. The lowest BCUT2D eigenvalue weighted by Gasteiger charge is -2.20. The third kappa shape index (κ3) is 4.53. The summed E-state index contributed by atoms with van der Waals surface area (Å²) in [6, 6.07) is 7.93. The van der Waals surface area contributed by atoms with E-state index < -0.39 is 0 Å². The van der Waals surface area contributed by atoms with Gasteiger partial charge in [0, 0.05) is 18.7 Å². The second kappa shape index (κ2) is 8.66. The monoisotopic (exact) mass is 412 g/mol. The first kappa shape index (κ1) is 20.1. The van der Waals surface area contributed by atoms with Gasteiger partial charge in [0.1, 0.15) is 6.61 Å². The fraction of sp³-hybridized carbons (Fsp3) is 0.522. The molecule has 154 valence electrons. The van der Waals surface area contributed by atoms with Crippen LogP contribution in [0.15, 0.2) is 29.6 Å². The predicted molar refractivity (Wildman–Crippen MR) is 114 cm³/mol. The van der Waals surface area contributed by atoms with Crippen molar-refractivity contribution in [1.82, 2.24) is 4.98 Å². The number of anilines is 2. The fourth-order valence-corrected chi connectivity index (χ4v) is 5.70. The molecule has 1 amide bonds.